The van der Waals surface area contributed by atoms with Crippen LogP contribution in [0, 0.1) is 5.41 Å². The summed E-state index contributed by atoms with van der Waals surface area (Å²) in [4.78, 5) is 119. The molecule has 2 aliphatic heterocycles. The molecule has 1 aromatic heterocycles. The van der Waals surface area contributed by atoms with Crippen LogP contribution in [-0.2, 0) is 62.5 Å². The molecule has 2 unspecified atom stereocenters. The van der Waals surface area contributed by atoms with Crippen molar-refractivity contribution in [3.05, 3.63) is 120 Å². The van der Waals surface area contributed by atoms with Crippen LogP contribution >= 0.6 is 0 Å². The first kappa shape index (κ1) is 57.4. The minimum Gasteiger partial charge on any atom is -0.372 e. The van der Waals surface area contributed by atoms with E-state index in [9.17, 15) is 24.0 Å². The van der Waals surface area contributed by atoms with Crippen LogP contribution < -0.4 is 48.3 Å². The molecule has 0 radical (unpaired) electrons. The molecule has 12 N–H and O–H groups in total. The smallest absolute Gasteiger partial charge is 0.245 e. The second-order valence-corrected chi connectivity index (χ2v) is 19.9. The number of unbranched alkanes of at least 4 members (excludes halogenated alkanes) is 1. The molecule has 0 bridgehead atoms. The Balaban J connectivity index is 1.27. The monoisotopic (exact) mass is 1070 g/mol. The van der Waals surface area contributed by atoms with Crippen molar-refractivity contribution in [2.45, 2.75) is 127 Å². The molecule has 2 aliphatic rings. The molecule has 0 spiro atoms. The second kappa shape index (κ2) is 28.2. The van der Waals surface area contributed by atoms with Crippen molar-refractivity contribution in [3.63, 3.8) is 0 Å². The Morgan fingerprint density at radius 3 is 2.21 bits per heavy atom. The lowest BCUT2D eigenvalue weighted by molar-refractivity contribution is -0.143. The maximum atomic E-state index is 15.2. The van der Waals surface area contributed by atoms with E-state index in [1.54, 1.807) is 6.20 Å². The van der Waals surface area contributed by atoms with Gasteiger partial charge >= 0.3 is 0 Å². The van der Waals surface area contributed by atoms with E-state index in [2.05, 4.69) is 47.5 Å². The number of nitrogens with two attached hydrogens (primary N) is 1. The lowest BCUT2D eigenvalue weighted by Gasteiger charge is -2.31. The molecule has 0 aliphatic carbocycles. The summed E-state index contributed by atoms with van der Waals surface area (Å²) in [5.74, 6) is -5.31. The molecule has 78 heavy (non-hydrogen) atoms. The SMILES string of the molecule is CCCC[C@H](NC(C)=O)C(=O)N[C@H]1CCC(=O)NCCNC(=O)[C@H](Cc2c[nH]c3ccccc23)NC(=O)[C@H](CCCNC(=N)N)NC(=O)[C@@H](Cc2cccc3ccccc23)NC(=O)C2CC(OCc3ccccc3)CN2C1=O. The van der Waals surface area contributed by atoms with Gasteiger partial charge in [-0.05, 0) is 59.2 Å². The Kier molecular flexibility index (Phi) is 20.7. The molecule has 4 aromatic carbocycles. The van der Waals surface area contributed by atoms with E-state index in [-0.39, 0.29) is 90.1 Å². The van der Waals surface area contributed by atoms with Crippen LogP contribution in [0.4, 0.5) is 0 Å². The van der Waals surface area contributed by atoms with Gasteiger partial charge in [-0.25, -0.2) is 0 Å². The van der Waals surface area contributed by atoms with Crippen LogP contribution in [0.25, 0.3) is 21.7 Å². The first-order valence-electron chi connectivity index (χ1n) is 26.8. The number of hydrogen-bond acceptors (Lipinski definition) is 10. The summed E-state index contributed by atoms with van der Waals surface area (Å²) in [6, 6.07) is 22.6. The summed E-state index contributed by atoms with van der Waals surface area (Å²) in [7, 11) is 0. The van der Waals surface area contributed by atoms with Crippen molar-refractivity contribution in [2.75, 3.05) is 26.2 Å². The number of hydrogen-bond donors (Lipinski definition) is 11. The number of guanidine groups is 1. The van der Waals surface area contributed by atoms with Crippen LogP contribution in [0.3, 0.4) is 0 Å². The van der Waals surface area contributed by atoms with Gasteiger partial charge in [0.15, 0.2) is 5.96 Å². The largest absolute Gasteiger partial charge is 0.372 e. The average molecular weight is 1070 g/mol. The lowest BCUT2D eigenvalue weighted by atomic mass is 9.97. The number of ether oxygens (including phenoxy) is 1. The predicted octanol–water partition coefficient (Wildman–Crippen LogP) is 2.22. The fourth-order valence-electron chi connectivity index (χ4n) is 9.97. The first-order chi connectivity index (χ1) is 37.7. The van der Waals surface area contributed by atoms with Crippen molar-refractivity contribution in [2.24, 2.45) is 5.73 Å². The van der Waals surface area contributed by atoms with E-state index in [4.69, 9.17) is 15.9 Å². The molecule has 7 atom stereocenters. The normalized spacial score (nSPS) is 21.4. The number of fused-ring (bicyclic) bond motifs is 3. The molecule has 7 rings (SSSR count). The Hall–Kier alpha value is -8.33. The molecule has 414 valence electrons. The average Bonchev–Trinajstić information content (AvgIpc) is 4.08. The molecule has 21 nitrogen and oxygen atoms in total. The summed E-state index contributed by atoms with van der Waals surface area (Å²) in [5, 5.41) is 32.7. The van der Waals surface area contributed by atoms with Gasteiger partial charge in [0.1, 0.15) is 36.3 Å². The van der Waals surface area contributed by atoms with Gasteiger partial charge in [-0.2, -0.15) is 0 Å². The van der Waals surface area contributed by atoms with Crippen molar-refractivity contribution in [1.82, 2.24) is 52.4 Å². The Morgan fingerprint density at radius 1 is 0.769 bits per heavy atom. The van der Waals surface area contributed by atoms with Gasteiger partial charge in [-0.15, -0.1) is 0 Å². The molecular formula is C57H72N12O9. The highest BCUT2D eigenvalue weighted by Crippen LogP contribution is 2.26. The van der Waals surface area contributed by atoms with Crippen LogP contribution in [0.5, 0.6) is 0 Å². The summed E-state index contributed by atoms with van der Waals surface area (Å²) < 4.78 is 6.36. The van der Waals surface area contributed by atoms with Gasteiger partial charge in [0.2, 0.25) is 47.3 Å². The Morgan fingerprint density at radius 2 is 1.44 bits per heavy atom. The number of aromatic nitrogens is 1. The van der Waals surface area contributed by atoms with Gasteiger partial charge in [0.05, 0.1) is 12.7 Å². The molecular weight excluding hydrogens is 997 g/mol. The number of amides is 8. The minimum atomic E-state index is -1.37. The van der Waals surface area contributed by atoms with Gasteiger partial charge in [0, 0.05) is 75.9 Å². The van der Waals surface area contributed by atoms with Crippen LogP contribution in [0.15, 0.2) is 103 Å². The van der Waals surface area contributed by atoms with Gasteiger partial charge < -0.3 is 62.9 Å². The summed E-state index contributed by atoms with van der Waals surface area (Å²) in [6.07, 6.45) is 2.39. The number of nitrogens with one attached hydrogen (secondary N) is 10. The van der Waals surface area contributed by atoms with Crippen LogP contribution in [0.1, 0.15) is 81.9 Å². The summed E-state index contributed by atoms with van der Waals surface area (Å²) in [5.41, 5.74) is 8.67. The van der Waals surface area contributed by atoms with Gasteiger partial charge in [-0.1, -0.05) is 111 Å². The van der Waals surface area contributed by atoms with Crippen LogP contribution in [0.2, 0.25) is 0 Å². The third-order valence-corrected chi connectivity index (χ3v) is 14.0. The van der Waals surface area contributed by atoms with Crippen LogP contribution in [-0.4, -0.2) is 132 Å². The maximum absolute atomic E-state index is 15.2. The third-order valence-electron chi connectivity index (χ3n) is 14.0. The van der Waals surface area contributed by atoms with Gasteiger partial charge in [-0.3, -0.25) is 43.8 Å². The van der Waals surface area contributed by atoms with Crippen molar-refractivity contribution in [1.29, 1.82) is 5.41 Å². The Labute approximate surface area is 453 Å². The number of benzene rings is 4. The minimum absolute atomic E-state index is 0.00773. The topological polar surface area (TPSA) is 311 Å². The van der Waals surface area contributed by atoms with Crippen molar-refractivity contribution < 1.29 is 43.1 Å². The number of aromatic amines is 1. The summed E-state index contributed by atoms with van der Waals surface area (Å²) in [6.45, 7) is 3.35. The lowest BCUT2D eigenvalue weighted by Crippen LogP contribution is -2.60. The zero-order chi connectivity index (χ0) is 55.6. The molecule has 2 saturated heterocycles. The molecule has 5 aromatic rings. The van der Waals surface area contributed by atoms with E-state index in [0.717, 1.165) is 39.2 Å². The number of H-pyrrole nitrogens is 1. The van der Waals surface area contributed by atoms with E-state index >= 15 is 14.4 Å². The number of para-hydroxylation sites is 1. The number of carbonyl (C=O) groups excluding carboxylic acids is 8. The molecule has 21 heteroatoms. The fraction of sp³-hybridized carbons (Fsp3) is 0.421. The zero-order valence-electron chi connectivity index (χ0n) is 44.2. The summed E-state index contributed by atoms with van der Waals surface area (Å²) >= 11 is 0. The third kappa shape index (κ3) is 16.1. The predicted molar refractivity (Wildman–Crippen MR) is 294 cm³/mol. The maximum Gasteiger partial charge on any atom is 0.245 e. The molecule has 3 heterocycles. The van der Waals surface area contributed by atoms with E-state index < -0.39 is 89.6 Å². The second-order valence-electron chi connectivity index (χ2n) is 19.9. The van der Waals surface area contributed by atoms with E-state index in [0.29, 0.717) is 12.0 Å². The molecule has 8 amide bonds. The zero-order valence-corrected chi connectivity index (χ0v) is 44.2. The van der Waals surface area contributed by atoms with Gasteiger partial charge in [0.25, 0.3) is 0 Å². The van der Waals surface area contributed by atoms with E-state index in [1.165, 1.54) is 11.8 Å². The quantitative estimate of drug-likeness (QED) is 0.0365. The number of nitrogens with zero attached hydrogens (tertiary/aromatic N) is 1. The van der Waals surface area contributed by atoms with E-state index in [1.807, 2.05) is 104 Å². The molecule has 2 fully saturated rings. The number of carbonyl (C=O) groups is 8. The Bertz CT molecular complexity index is 2930. The number of rotatable bonds is 17. The van der Waals surface area contributed by atoms with Crippen molar-refractivity contribution in [3.8, 4) is 0 Å². The first-order valence-corrected chi connectivity index (χ1v) is 26.8. The van der Waals surface area contributed by atoms with Crippen molar-refractivity contribution >= 4 is 74.9 Å². The standard InChI is InChI=1S/C57H72N12O9/c1-3-4-21-44(64-35(2)70)52(73)66-46-24-25-50(71)60-27-28-61-51(72)47(30-39-32-63-43-22-11-10-20-42(39)43)67-53(74)45(23-13-26-62-57(58)59)65-54(75)48(29-38-18-12-17-37-16-8-9-19-41(37)38)68-55(76)49-31-40(33-69(49)56(46)77)78-34-36-14-6-5-7-15-36/h5-12,14-20,22,32,40,44-49,63H,3-4,13,21,23-31,33-34H2,1-2H3,(H,60,71)(H,61,72)(H,64,70)(H,65,75)(H,66,73)(H,67,74)(H,68,76)(H4,58,59,62)/t40?,44-,45-,46-,47-,48+,49?/m0/s1. The highest BCUT2D eigenvalue weighted by molar-refractivity contribution is 5.98. The molecule has 0 saturated carbocycles. The highest BCUT2D eigenvalue weighted by Gasteiger charge is 2.44. The highest BCUT2D eigenvalue weighted by atomic mass is 16.5. The fourth-order valence-corrected chi connectivity index (χ4v) is 9.97.